The summed E-state index contributed by atoms with van der Waals surface area (Å²) >= 11 is 0. The van der Waals surface area contributed by atoms with Crippen molar-refractivity contribution < 1.29 is 9.59 Å². The Morgan fingerprint density at radius 1 is 0.931 bits per heavy atom. The molecule has 5 N–H and O–H groups in total. The number of nitrogens with two attached hydrogens (primary N) is 1. The minimum atomic E-state index is -0.469. The Morgan fingerprint density at radius 2 is 1.59 bits per heavy atom. The Hall–Kier alpha value is -1.92. The number of carbonyl (C=O) groups excluding carboxylic acids is 2. The van der Waals surface area contributed by atoms with Gasteiger partial charge in [0, 0.05) is 31.2 Å². The van der Waals surface area contributed by atoms with Gasteiger partial charge >= 0.3 is 0 Å². The van der Waals surface area contributed by atoms with E-state index in [9.17, 15) is 9.59 Å². The quantitative estimate of drug-likeness (QED) is 0.338. The lowest BCUT2D eigenvalue weighted by atomic mass is 10.1. The highest BCUT2D eigenvalue weighted by molar-refractivity contribution is 5.94. The lowest BCUT2D eigenvalue weighted by Crippen LogP contribution is -2.41. The summed E-state index contributed by atoms with van der Waals surface area (Å²) in [5.41, 5.74) is 7.77. The van der Waals surface area contributed by atoms with Gasteiger partial charge in [-0.15, -0.1) is 0 Å². The van der Waals surface area contributed by atoms with Gasteiger partial charge in [0.25, 0.3) is 5.91 Å². The van der Waals surface area contributed by atoms with Crippen LogP contribution in [-0.4, -0.2) is 37.0 Å². The van der Waals surface area contributed by atoms with E-state index in [4.69, 9.17) is 5.73 Å². The van der Waals surface area contributed by atoms with Crippen LogP contribution < -0.4 is 21.7 Å². The number of hydrogen-bond donors (Lipinski definition) is 4. The van der Waals surface area contributed by atoms with Crippen LogP contribution in [0.25, 0.3) is 0 Å². The van der Waals surface area contributed by atoms with Crippen molar-refractivity contribution in [1.82, 2.24) is 16.0 Å². The summed E-state index contributed by atoms with van der Waals surface area (Å²) < 4.78 is 0. The molecule has 164 valence electrons. The monoisotopic (exact) mass is 404 g/mol. The highest BCUT2D eigenvalue weighted by Crippen LogP contribution is 2.05. The molecule has 0 spiro atoms. The Kier molecular flexibility index (Phi) is 13.0. The zero-order chi connectivity index (χ0) is 21.5. The summed E-state index contributed by atoms with van der Waals surface area (Å²) in [4.78, 5) is 24.1. The predicted octanol–water partition coefficient (Wildman–Crippen LogP) is 3.11. The second kappa shape index (κ2) is 15.0. The molecular formula is C23H40N4O2. The van der Waals surface area contributed by atoms with Gasteiger partial charge in [0.05, 0.1) is 6.04 Å². The second-order valence-corrected chi connectivity index (χ2v) is 7.94. The molecule has 29 heavy (non-hydrogen) atoms. The van der Waals surface area contributed by atoms with E-state index in [1.165, 1.54) is 12.8 Å². The molecule has 0 heterocycles. The third kappa shape index (κ3) is 11.6. The fourth-order valence-corrected chi connectivity index (χ4v) is 2.91. The maximum atomic E-state index is 12.2. The van der Waals surface area contributed by atoms with Crippen LogP contribution in [0.2, 0.25) is 0 Å². The molecule has 1 aromatic rings. The van der Waals surface area contributed by atoms with Gasteiger partial charge in [-0.2, -0.15) is 0 Å². The first-order valence-corrected chi connectivity index (χ1v) is 11.1. The third-order valence-corrected chi connectivity index (χ3v) is 4.82. The van der Waals surface area contributed by atoms with Crippen molar-refractivity contribution in [3.8, 4) is 0 Å². The van der Waals surface area contributed by atoms with Gasteiger partial charge in [0.1, 0.15) is 0 Å². The smallest absolute Gasteiger partial charge is 0.251 e. The average Bonchev–Trinajstić information content (AvgIpc) is 2.71. The Bertz CT molecular complexity index is 587. The number of hydrogen-bond acceptors (Lipinski definition) is 4. The van der Waals surface area contributed by atoms with Gasteiger partial charge in [-0.05, 0) is 43.4 Å². The van der Waals surface area contributed by atoms with Crippen LogP contribution in [0.5, 0.6) is 0 Å². The second-order valence-electron chi connectivity index (χ2n) is 7.94. The fraction of sp³-hybridized carbons (Fsp3) is 0.652. The highest BCUT2D eigenvalue weighted by Gasteiger charge is 2.12. The van der Waals surface area contributed by atoms with Crippen LogP contribution in [-0.2, 0) is 11.3 Å². The third-order valence-electron chi connectivity index (χ3n) is 4.82. The normalized spacial score (nSPS) is 12.0. The van der Waals surface area contributed by atoms with E-state index in [2.05, 4.69) is 36.7 Å². The zero-order valence-electron chi connectivity index (χ0n) is 18.4. The van der Waals surface area contributed by atoms with E-state index < -0.39 is 6.04 Å². The number of nitrogens with one attached hydrogen (secondary N) is 3. The van der Waals surface area contributed by atoms with Crippen LogP contribution in [0.3, 0.4) is 0 Å². The molecule has 0 saturated carbocycles. The van der Waals surface area contributed by atoms with Crippen molar-refractivity contribution >= 4 is 11.8 Å². The zero-order valence-corrected chi connectivity index (χ0v) is 18.4. The average molecular weight is 405 g/mol. The fourth-order valence-electron chi connectivity index (χ4n) is 2.91. The first-order chi connectivity index (χ1) is 13.9. The van der Waals surface area contributed by atoms with E-state index in [0.717, 1.165) is 37.8 Å². The number of rotatable bonds is 15. The van der Waals surface area contributed by atoms with Crippen LogP contribution >= 0.6 is 0 Å². The molecule has 0 aliphatic carbocycles. The van der Waals surface area contributed by atoms with Crippen molar-refractivity contribution in [2.45, 2.75) is 84.3 Å². The van der Waals surface area contributed by atoms with Gasteiger partial charge in [-0.3, -0.25) is 9.59 Å². The number of unbranched alkanes of at least 4 members (excludes halogenated alkanes) is 4. The minimum absolute atomic E-state index is 0.0671. The van der Waals surface area contributed by atoms with Crippen molar-refractivity contribution in [2.75, 3.05) is 13.1 Å². The molecule has 6 heteroatoms. The molecule has 0 aromatic heterocycles. The first-order valence-electron chi connectivity index (χ1n) is 11.1. The van der Waals surface area contributed by atoms with Gasteiger partial charge in [0.15, 0.2) is 0 Å². The Labute approximate surface area is 176 Å². The summed E-state index contributed by atoms with van der Waals surface area (Å²) in [7, 11) is 0. The van der Waals surface area contributed by atoms with Crippen LogP contribution in [0.1, 0.15) is 81.6 Å². The van der Waals surface area contributed by atoms with Gasteiger partial charge < -0.3 is 21.7 Å². The molecule has 1 aromatic carbocycles. The number of carbonyl (C=O) groups is 2. The molecule has 1 rings (SSSR count). The number of amides is 2. The van der Waals surface area contributed by atoms with Crippen molar-refractivity contribution in [3.63, 3.8) is 0 Å². The Morgan fingerprint density at radius 3 is 2.24 bits per heavy atom. The number of benzene rings is 1. The first kappa shape index (κ1) is 25.1. The molecule has 2 amide bonds. The lowest BCUT2D eigenvalue weighted by molar-refractivity contribution is -0.122. The van der Waals surface area contributed by atoms with E-state index in [1.54, 1.807) is 0 Å². The van der Waals surface area contributed by atoms with Gasteiger partial charge in [-0.25, -0.2) is 0 Å². The van der Waals surface area contributed by atoms with Gasteiger partial charge in [-0.1, -0.05) is 52.2 Å². The standard InChI is InChI=1S/C23H40N4O2/c1-4-5-6-8-15-26-23(29)21(24)10-7-9-16-25-22(28)20-13-11-19(12-14-20)17-27-18(2)3/h11-14,18,21,27H,4-10,15-17,24H2,1-3H3,(H,25,28)(H,26,29)/t21-/m1/s1. The maximum Gasteiger partial charge on any atom is 0.251 e. The Balaban J connectivity index is 2.15. The lowest BCUT2D eigenvalue weighted by Gasteiger charge is -2.12. The van der Waals surface area contributed by atoms with Crippen LogP contribution in [0.4, 0.5) is 0 Å². The summed E-state index contributed by atoms with van der Waals surface area (Å²) in [6, 6.07) is 7.63. The van der Waals surface area contributed by atoms with E-state index in [0.29, 0.717) is 31.1 Å². The summed E-state index contributed by atoms with van der Waals surface area (Å²) in [5.74, 6) is -0.139. The van der Waals surface area contributed by atoms with E-state index >= 15 is 0 Å². The molecule has 0 bridgehead atoms. The predicted molar refractivity (Wildman–Crippen MR) is 120 cm³/mol. The van der Waals surface area contributed by atoms with Crippen LogP contribution in [0, 0.1) is 0 Å². The maximum absolute atomic E-state index is 12.2. The molecule has 0 radical (unpaired) electrons. The largest absolute Gasteiger partial charge is 0.355 e. The SMILES string of the molecule is CCCCCCNC(=O)[C@H](N)CCCCNC(=O)c1ccc(CNC(C)C)cc1. The molecule has 6 nitrogen and oxygen atoms in total. The highest BCUT2D eigenvalue weighted by atomic mass is 16.2. The molecule has 0 unspecified atom stereocenters. The molecule has 0 aliphatic rings. The minimum Gasteiger partial charge on any atom is -0.355 e. The van der Waals surface area contributed by atoms with E-state index in [-0.39, 0.29) is 11.8 Å². The van der Waals surface area contributed by atoms with Crippen LogP contribution in [0.15, 0.2) is 24.3 Å². The molecule has 1 atom stereocenters. The van der Waals surface area contributed by atoms with E-state index in [1.807, 2.05) is 24.3 Å². The summed E-state index contributed by atoms with van der Waals surface area (Å²) in [5, 5.41) is 9.19. The summed E-state index contributed by atoms with van der Waals surface area (Å²) in [6.45, 7) is 8.46. The van der Waals surface area contributed by atoms with Crippen molar-refractivity contribution in [1.29, 1.82) is 0 Å². The summed E-state index contributed by atoms with van der Waals surface area (Å²) in [6.07, 6.45) is 6.79. The molecule has 0 fully saturated rings. The topological polar surface area (TPSA) is 96.2 Å². The molecule has 0 aliphatic heterocycles. The molecule has 0 saturated heterocycles. The van der Waals surface area contributed by atoms with Crippen molar-refractivity contribution in [3.05, 3.63) is 35.4 Å². The molecular weight excluding hydrogens is 364 g/mol. The van der Waals surface area contributed by atoms with Crippen molar-refractivity contribution in [2.24, 2.45) is 5.73 Å². The van der Waals surface area contributed by atoms with Gasteiger partial charge in [0.2, 0.25) is 5.91 Å².